The first kappa shape index (κ1) is 12.7. The summed E-state index contributed by atoms with van der Waals surface area (Å²) in [5.74, 6) is 0. The van der Waals surface area contributed by atoms with Gasteiger partial charge in [-0.2, -0.15) is 13.1 Å². The molecule has 0 fully saturated rings. The van der Waals surface area contributed by atoms with Crippen LogP contribution < -0.4 is 0 Å². The van der Waals surface area contributed by atoms with Crippen LogP contribution in [0.1, 0.15) is 6.42 Å². The Balaban J connectivity index is 0. The molecule has 0 rings (SSSR count). The molecule has 0 spiro atoms. The molecular formula is C3H8I2N2Pt. The molecule has 0 bridgehead atoms. The van der Waals surface area contributed by atoms with Crippen molar-refractivity contribution in [2.45, 2.75) is 6.42 Å². The van der Waals surface area contributed by atoms with E-state index in [-0.39, 0.29) is 0 Å². The molecule has 0 aromatic carbocycles. The molecule has 0 atom stereocenters. The van der Waals surface area contributed by atoms with Gasteiger partial charge in [0.25, 0.3) is 0 Å². The molecule has 0 aromatic rings. The maximum absolute atomic E-state index is 6.48. The van der Waals surface area contributed by atoms with E-state index < -0.39 is 0 Å². The van der Waals surface area contributed by atoms with E-state index >= 15 is 0 Å². The van der Waals surface area contributed by atoms with Gasteiger partial charge in [0.1, 0.15) is 0 Å². The largest absolute Gasteiger partial charge is 0.677 e. The summed E-state index contributed by atoms with van der Waals surface area (Å²) >= 11 is 5.30. The molecule has 2 N–H and O–H groups in total. The zero-order valence-corrected chi connectivity index (χ0v) is 10.8. The van der Waals surface area contributed by atoms with Crippen LogP contribution in [0.25, 0.3) is 11.5 Å². The normalized spacial score (nSPS) is 8.00. The third-order valence-electron chi connectivity index (χ3n) is 0.354. The molecule has 5 heteroatoms. The topological polar surface area (TPSA) is 47.6 Å². The Morgan fingerprint density at radius 2 is 1.38 bits per heavy atom. The van der Waals surface area contributed by atoms with Crippen LogP contribution in [-0.2, 0) is 11.2 Å². The molecule has 54 valence electrons. The summed E-state index contributed by atoms with van der Waals surface area (Å²) < 4.78 is 0. The van der Waals surface area contributed by atoms with Crippen LogP contribution in [0.5, 0.6) is 0 Å². The second-order valence-corrected chi connectivity index (χ2v) is 17.5. The zero-order valence-electron chi connectivity index (χ0n) is 4.19. The van der Waals surface area contributed by atoms with E-state index in [9.17, 15) is 0 Å². The Kier molecular flexibility index (Phi) is 25.5. The van der Waals surface area contributed by atoms with Crippen LogP contribution in [0, 0.1) is 0 Å². The van der Waals surface area contributed by atoms with Crippen LogP contribution >= 0.6 is 38.7 Å². The molecule has 0 unspecified atom stereocenters. The van der Waals surface area contributed by atoms with Gasteiger partial charge in [-0.25, -0.2) is 0 Å². The third-order valence-corrected chi connectivity index (χ3v) is 0.354. The molecule has 0 aliphatic carbocycles. The van der Waals surface area contributed by atoms with Crippen LogP contribution in [0.2, 0.25) is 0 Å². The number of rotatable bonds is 2. The van der Waals surface area contributed by atoms with E-state index in [0.717, 1.165) is 6.42 Å². The van der Waals surface area contributed by atoms with Crippen LogP contribution in [-0.4, -0.2) is 13.1 Å². The predicted octanol–water partition coefficient (Wildman–Crippen LogP) is 3.25. The number of hydrogen-bond acceptors (Lipinski definition) is 0. The Morgan fingerprint density at radius 3 is 1.38 bits per heavy atom. The van der Waals surface area contributed by atoms with E-state index in [1.165, 1.54) is 0 Å². The van der Waals surface area contributed by atoms with Gasteiger partial charge in [0.05, 0.1) is 0 Å². The third kappa shape index (κ3) is 24.4. The van der Waals surface area contributed by atoms with E-state index in [2.05, 4.69) is 38.7 Å². The van der Waals surface area contributed by atoms with Gasteiger partial charge in [-0.3, -0.25) is 0 Å². The Hall–Kier alpha value is 2.07. The summed E-state index contributed by atoms with van der Waals surface area (Å²) in [6.45, 7) is 0.812. The summed E-state index contributed by atoms with van der Waals surface area (Å²) in [7, 11) is 0. The monoisotopic (exact) mass is 521 g/mol. The van der Waals surface area contributed by atoms with Crippen LogP contribution in [0.3, 0.4) is 0 Å². The summed E-state index contributed by atoms with van der Waals surface area (Å²) in [4.78, 5) is 0. The average Bonchev–Trinajstić information content (AvgIpc) is 1.71. The molecule has 0 heterocycles. The molecule has 0 saturated carbocycles. The second-order valence-electron chi connectivity index (χ2n) is 0.899. The number of hydrogen-bond donors (Lipinski definition) is 0. The van der Waals surface area contributed by atoms with Crippen molar-refractivity contribution in [3.8, 4) is 0 Å². The standard InChI is InChI=1S/C3H8N2.2HI.Pt/c4-2-1-3-5;;;/h4-5H,1-3H2;2*1H;/q-2;;;+4/p-2. The van der Waals surface area contributed by atoms with E-state index in [4.69, 9.17) is 11.5 Å². The predicted molar refractivity (Wildman–Crippen MR) is 51.0 cm³/mol. The minimum Gasteiger partial charge on any atom is -0.677 e. The van der Waals surface area contributed by atoms with Crippen molar-refractivity contribution < 1.29 is 11.2 Å². The van der Waals surface area contributed by atoms with Crippen molar-refractivity contribution >= 4 is 38.7 Å². The van der Waals surface area contributed by atoms with Crippen LogP contribution in [0.15, 0.2) is 0 Å². The fraction of sp³-hybridized carbons (Fsp3) is 1.00. The van der Waals surface area contributed by atoms with Gasteiger partial charge in [-0.05, 0) is 0 Å². The molecule has 0 saturated heterocycles. The van der Waals surface area contributed by atoms with E-state index in [1.54, 1.807) is 0 Å². The van der Waals surface area contributed by atoms with Crippen molar-refractivity contribution in [1.29, 1.82) is 0 Å². The molecular weight excluding hydrogens is 513 g/mol. The van der Waals surface area contributed by atoms with Gasteiger partial charge in [-0.15, -0.1) is 0 Å². The maximum atomic E-state index is 6.48. The van der Waals surface area contributed by atoms with E-state index in [1.807, 2.05) is 0 Å². The average molecular weight is 521 g/mol. The van der Waals surface area contributed by atoms with E-state index in [0.29, 0.717) is 24.3 Å². The van der Waals surface area contributed by atoms with Gasteiger partial charge in [-0.1, -0.05) is 6.42 Å². The Morgan fingerprint density at radius 1 is 1.12 bits per heavy atom. The SMILES string of the molecule is [I][Pt+2][I].[NH-]CCC[NH-]. The quantitative estimate of drug-likeness (QED) is 0.502. The molecule has 2 nitrogen and oxygen atoms in total. The molecule has 0 radical (unpaired) electrons. The minimum absolute atomic E-state index is 0.406. The molecule has 0 aliphatic rings. The first-order chi connectivity index (χ1) is 3.83. The van der Waals surface area contributed by atoms with Crippen molar-refractivity contribution in [3.63, 3.8) is 0 Å². The minimum atomic E-state index is 0.406. The fourth-order valence-electron chi connectivity index (χ4n) is 0.0884. The smallest absolute Gasteiger partial charge is 0.0916 e. The van der Waals surface area contributed by atoms with Gasteiger partial charge >= 0.3 is 49.9 Å². The van der Waals surface area contributed by atoms with Gasteiger partial charge in [0, 0.05) is 0 Å². The Bertz CT molecular complexity index is 29.2. The van der Waals surface area contributed by atoms with Crippen molar-refractivity contribution in [1.82, 2.24) is 0 Å². The Labute approximate surface area is 79.7 Å². The van der Waals surface area contributed by atoms with Gasteiger partial charge < -0.3 is 11.5 Å². The van der Waals surface area contributed by atoms with Crippen molar-refractivity contribution in [3.05, 3.63) is 11.5 Å². The zero-order chi connectivity index (χ0) is 6.83. The van der Waals surface area contributed by atoms with Gasteiger partial charge in [0.15, 0.2) is 0 Å². The van der Waals surface area contributed by atoms with Crippen molar-refractivity contribution in [2.24, 2.45) is 0 Å². The summed E-state index contributed by atoms with van der Waals surface area (Å²) in [6, 6.07) is 0. The summed E-state index contributed by atoms with van der Waals surface area (Å²) in [5.41, 5.74) is 13.0. The first-order valence-corrected chi connectivity index (χ1v) is 14.8. The van der Waals surface area contributed by atoms with Crippen LogP contribution in [0.4, 0.5) is 0 Å². The summed E-state index contributed by atoms with van der Waals surface area (Å²) in [5, 5.41) is 0. The number of halogens is 2. The second kappa shape index (κ2) is 16.0. The maximum Gasteiger partial charge on any atom is -0.0916 e. The molecule has 0 aromatic heterocycles. The fourth-order valence-corrected chi connectivity index (χ4v) is 0.0884. The molecule has 8 heavy (non-hydrogen) atoms. The number of nitrogens with one attached hydrogen (secondary N) is 2. The summed E-state index contributed by atoms with van der Waals surface area (Å²) in [6.07, 6.45) is 0.722. The first-order valence-electron chi connectivity index (χ1n) is 1.95. The van der Waals surface area contributed by atoms with Gasteiger partial charge in [0.2, 0.25) is 0 Å². The van der Waals surface area contributed by atoms with Crippen molar-refractivity contribution in [2.75, 3.05) is 13.1 Å². The molecule has 0 amide bonds. The molecule has 0 aliphatic heterocycles.